The molecule has 1 aliphatic rings. The number of nitrogens with one attached hydrogen (secondary N) is 1. The fraction of sp³-hybridized carbons (Fsp3) is 0.429. The monoisotopic (exact) mass is 311 g/mol. The van der Waals surface area contributed by atoms with Crippen molar-refractivity contribution < 1.29 is 4.79 Å². The SMILES string of the molecule is O=C(C[C@@H]1CCCN1)Cn1cnc2cc(Cl)c(Cl)cc21. The minimum Gasteiger partial charge on any atom is -0.323 e. The number of nitrogens with zero attached hydrogens (tertiary/aromatic N) is 2. The molecule has 0 bridgehead atoms. The topological polar surface area (TPSA) is 46.9 Å². The van der Waals surface area contributed by atoms with Gasteiger partial charge >= 0.3 is 0 Å². The van der Waals surface area contributed by atoms with Gasteiger partial charge in [0.15, 0.2) is 5.78 Å². The number of halogens is 2. The second-order valence-corrected chi connectivity index (χ2v) is 5.98. The third-order valence-electron chi connectivity index (χ3n) is 3.65. The molecule has 20 heavy (non-hydrogen) atoms. The maximum absolute atomic E-state index is 12.1. The average molecular weight is 312 g/mol. The van der Waals surface area contributed by atoms with E-state index in [-0.39, 0.29) is 5.78 Å². The highest BCUT2D eigenvalue weighted by molar-refractivity contribution is 6.42. The average Bonchev–Trinajstić information content (AvgIpc) is 3.02. The van der Waals surface area contributed by atoms with Gasteiger partial charge in [-0.15, -0.1) is 0 Å². The van der Waals surface area contributed by atoms with Crippen LogP contribution < -0.4 is 5.32 Å². The zero-order chi connectivity index (χ0) is 14.1. The molecule has 1 aliphatic heterocycles. The van der Waals surface area contributed by atoms with Crippen LogP contribution in [0.1, 0.15) is 19.3 Å². The Bertz CT molecular complexity index is 647. The molecule has 1 N–H and O–H groups in total. The predicted octanol–water partition coefficient (Wildman–Crippen LogP) is 3.05. The second-order valence-electron chi connectivity index (χ2n) is 5.16. The molecule has 1 saturated heterocycles. The smallest absolute Gasteiger partial charge is 0.154 e. The van der Waals surface area contributed by atoms with Gasteiger partial charge in [0.1, 0.15) is 0 Å². The van der Waals surface area contributed by atoms with Crippen molar-refractivity contribution in [2.24, 2.45) is 0 Å². The van der Waals surface area contributed by atoms with Crippen molar-refractivity contribution >= 4 is 40.0 Å². The number of carbonyl (C=O) groups excluding carboxylic acids is 1. The first-order chi connectivity index (χ1) is 9.63. The molecule has 0 saturated carbocycles. The highest BCUT2D eigenvalue weighted by Gasteiger charge is 2.18. The maximum atomic E-state index is 12.1. The molecule has 1 fully saturated rings. The summed E-state index contributed by atoms with van der Waals surface area (Å²) in [4.78, 5) is 16.4. The van der Waals surface area contributed by atoms with Crippen LogP contribution in [0.15, 0.2) is 18.5 Å². The van der Waals surface area contributed by atoms with Crippen molar-refractivity contribution in [3.05, 3.63) is 28.5 Å². The number of Topliss-reactive ketones (excluding diaryl/α,β-unsaturated/α-hetero) is 1. The predicted molar refractivity (Wildman–Crippen MR) is 80.4 cm³/mol. The van der Waals surface area contributed by atoms with E-state index in [0.717, 1.165) is 30.4 Å². The van der Waals surface area contributed by atoms with E-state index in [0.29, 0.717) is 29.1 Å². The Morgan fingerprint density at radius 2 is 2.20 bits per heavy atom. The van der Waals surface area contributed by atoms with E-state index in [1.54, 1.807) is 18.5 Å². The van der Waals surface area contributed by atoms with Crippen LogP contribution >= 0.6 is 23.2 Å². The lowest BCUT2D eigenvalue weighted by Gasteiger charge is -2.09. The molecule has 0 unspecified atom stereocenters. The molecule has 2 heterocycles. The van der Waals surface area contributed by atoms with Crippen molar-refractivity contribution in [1.82, 2.24) is 14.9 Å². The summed E-state index contributed by atoms with van der Waals surface area (Å²) < 4.78 is 1.83. The third-order valence-corrected chi connectivity index (χ3v) is 4.37. The summed E-state index contributed by atoms with van der Waals surface area (Å²) in [5.41, 5.74) is 1.60. The number of aromatic nitrogens is 2. The summed E-state index contributed by atoms with van der Waals surface area (Å²) in [7, 11) is 0. The van der Waals surface area contributed by atoms with Crippen molar-refractivity contribution in [3.8, 4) is 0 Å². The van der Waals surface area contributed by atoms with Gasteiger partial charge in [0, 0.05) is 12.5 Å². The Hall–Kier alpha value is -1.10. The number of fused-ring (bicyclic) bond motifs is 1. The van der Waals surface area contributed by atoms with Gasteiger partial charge in [-0.25, -0.2) is 4.98 Å². The Balaban J connectivity index is 1.76. The summed E-state index contributed by atoms with van der Waals surface area (Å²) in [6, 6.07) is 3.81. The van der Waals surface area contributed by atoms with E-state index < -0.39 is 0 Å². The fourth-order valence-corrected chi connectivity index (χ4v) is 2.96. The number of carbonyl (C=O) groups is 1. The molecular weight excluding hydrogens is 297 g/mol. The number of rotatable bonds is 4. The highest BCUT2D eigenvalue weighted by Crippen LogP contribution is 2.27. The van der Waals surface area contributed by atoms with Crippen LogP contribution in [0, 0.1) is 0 Å². The molecule has 106 valence electrons. The van der Waals surface area contributed by atoms with Crippen molar-refractivity contribution in [2.45, 2.75) is 31.8 Å². The van der Waals surface area contributed by atoms with Crippen molar-refractivity contribution in [3.63, 3.8) is 0 Å². The highest BCUT2D eigenvalue weighted by atomic mass is 35.5. The summed E-state index contributed by atoms with van der Waals surface area (Å²) in [5, 5.41) is 4.29. The van der Waals surface area contributed by atoms with Crippen LogP contribution in [-0.2, 0) is 11.3 Å². The Morgan fingerprint density at radius 1 is 1.40 bits per heavy atom. The maximum Gasteiger partial charge on any atom is 0.154 e. The van der Waals surface area contributed by atoms with Crippen LogP contribution in [-0.4, -0.2) is 27.9 Å². The molecule has 1 aromatic carbocycles. The first-order valence-corrected chi connectivity index (χ1v) is 7.44. The summed E-state index contributed by atoms with van der Waals surface area (Å²) >= 11 is 12.0. The molecule has 1 atom stereocenters. The zero-order valence-electron chi connectivity index (χ0n) is 10.9. The van der Waals surface area contributed by atoms with E-state index in [2.05, 4.69) is 10.3 Å². The van der Waals surface area contributed by atoms with E-state index in [1.165, 1.54) is 0 Å². The summed E-state index contributed by atoms with van der Waals surface area (Å²) in [5.74, 6) is 0.203. The standard InChI is InChI=1S/C14H15Cl2N3O/c15-11-5-13-14(6-12(11)16)19(8-18-13)7-10(20)4-9-2-1-3-17-9/h5-6,8-9,17H,1-4,7H2/t9-/m0/s1. The van der Waals surface area contributed by atoms with Gasteiger partial charge in [0.2, 0.25) is 0 Å². The van der Waals surface area contributed by atoms with Gasteiger partial charge in [-0.1, -0.05) is 23.2 Å². The Morgan fingerprint density at radius 3 is 2.95 bits per heavy atom. The minimum atomic E-state index is 0.203. The van der Waals surface area contributed by atoms with Gasteiger partial charge in [-0.05, 0) is 31.5 Å². The lowest BCUT2D eigenvalue weighted by atomic mass is 10.1. The molecule has 4 nitrogen and oxygen atoms in total. The summed E-state index contributed by atoms with van der Waals surface area (Å²) in [6.45, 7) is 1.34. The first kappa shape index (κ1) is 13.9. The Kier molecular flexibility index (Phi) is 3.96. The molecule has 0 spiro atoms. The normalized spacial score (nSPS) is 18.8. The quantitative estimate of drug-likeness (QED) is 0.944. The number of hydrogen-bond donors (Lipinski definition) is 1. The van der Waals surface area contributed by atoms with Crippen LogP contribution in [0.3, 0.4) is 0 Å². The van der Waals surface area contributed by atoms with Gasteiger partial charge in [-0.2, -0.15) is 0 Å². The van der Waals surface area contributed by atoms with Gasteiger partial charge in [-0.3, -0.25) is 4.79 Å². The van der Waals surface area contributed by atoms with Crippen molar-refractivity contribution in [2.75, 3.05) is 6.54 Å². The van der Waals surface area contributed by atoms with Gasteiger partial charge in [0.25, 0.3) is 0 Å². The molecule has 1 aromatic heterocycles. The first-order valence-electron chi connectivity index (χ1n) is 6.68. The van der Waals surface area contributed by atoms with Crippen molar-refractivity contribution in [1.29, 1.82) is 0 Å². The number of benzene rings is 1. The second kappa shape index (κ2) is 5.72. The van der Waals surface area contributed by atoms with Crippen LogP contribution in [0.4, 0.5) is 0 Å². The van der Waals surface area contributed by atoms with Crippen LogP contribution in [0.2, 0.25) is 10.0 Å². The lowest BCUT2D eigenvalue weighted by Crippen LogP contribution is -2.26. The minimum absolute atomic E-state index is 0.203. The lowest BCUT2D eigenvalue weighted by molar-refractivity contribution is -0.120. The van der Waals surface area contributed by atoms with E-state index >= 15 is 0 Å². The molecule has 0 aliphatic carbocycles. The third kappa shape index (κ3) is 2.82. The van der Waals surface area contributed by atoms with E-state index in [9.17, 15) is 4.79 Å². The van der Waals surface area contributed by atoms with E-state index in [4.69, 9.17) is 23.2 Å². The molecule has 6 heteroatoms. The summed E-state index contributed by atoms with van der Waals surface area (Å²) in [6.07, 6.45) is 4.47. The number of imidazole rings is 1. The number of hydrogen-bond acceptors (Lipinski definition) is 3. The molecule has 3 rings (SSSR count). The molecular formula is C14H15Cl2N3O. The van der Waals surface area contributed by atoms with Crippen LogP contribution in [0.25, 0.3) is 11.0 Å². The largest absolute Gasteiger partial charge is 0.323 e. The van der Waals surface area contributed by atoms with E-state index in [1.807, 2.05) is 4.57 Å². The van der Waals surface area contributed by atoms with Gasteiger partial charge in [0.05, 0.1) is 34.0 Å². The van der Waals surface area contributed by atoms with Gasteiger partial charge < -0.3 is 9.88 Å². The number of ketones is 1. The van der Waals surface area contributed by atoms with Crippen LogP contribution in [0.5, 0.6) is 0 Å². The molecule has 0 amide bonds. The Labute approximate surface area is 127 Å². The fourth-order valence-electron chi connectivity index (χ4n) is 2.64. The molecule has 2 aromatic rings. The zero-order valence-corrected chi connectivity index (χ0v) is 12.4. The molecule has 0 radical (unpaired) electrons.